The van der Waals surface area contributed by atoms with Gasteiger partial charge in [0.15, 0.2) is 0 Å². The number of rotatable bonds is 2. The fourth-order valence-corrected chi connectivity index (χ4v) is 2.89. The Morgan fingerprint density at radius 3 is 2.35 bits per heavy atom. The predicted octanol–water partition coefficient (Wildman–Crippen LogP) is 4.64. The smallest absolute Gasteiger partial charge is 0.0880 e. The van der Waals surface area contributed by atoms with E-state index in [0.717, 1.165) is 21.1 Å². The molecule has 0 fully saturated rings. The summed E-state index contributed by atoms with van der Waals surface area (Å²) in [6.45, 7) is 8.68. The number of aromatic nitrogens is 2. The van der Waals surface area contributed by atoms with E-state index in [0.29, 0.717) is 11.8 Å². The average Bonchev–Trinajstić information content (AvgIpc) is 2.28. The molecule has 2 aromatic rings. The van der Waals surface area contributed by atoms with Gasteiger partial charge in [0, 0.05) is 17.8 Å². The molecule has 2 aromatic heterocycles. The van der Waals surface area contributed by atoms with Crippen molar-refractivity contribution in [3.8, 4) is 0 Å². The van der Waals surface area contributed by atoms with E-state index in [1.54, 1.807) is 0 Å². The van der Waals surface area contributed by atoms with Gasteiger partial charge in [0.1, 0.15) is 0 Å². The van der Waals surface area contributed by atoms with Gasteiger partial charge in [0.2, 0.25) is 0 Å². The monoisotopic (exact) mass is 292 g/mol. The highest BCUT2D eigenvalue weighted by molar-refractivity contribution is 9.10. The molecule has 0 bridgehead atoms. The molecule has 0 spiro atoms. The normalized spacial score (nSPS) is 11.7. The predicted molar refractivity (Wildman–Crippen MR) is 75.4 cm³/mol. The SMILES string of the molecule is CC(C)c1ncc2c(C(C)C)ccnc2c1Br. The first-order valence-electron chi connectivity index (χ1n) is 5.95. The standard InChI is InChI=1S/C14H17BrN2/c1-8(2)10-5-6-16-14-11(10)7-17-13(9(3)4)12(14)15/h5-9H,1-4H3. The van der Waals surface area contributed by atoms with Crippen molar-refractivity contribution in [1.29, 1.82) is 0 Å². The van der Waals surface area contributed by atoms with E-state index in [-0.39, 0.29) is 0 Å². The summed E-state index contributed by atoms with van der Waals surface area (Å²) in [4.78, 5) is 9.04. The zero-order chi connectivity index (χ0) is 12.6. The Morgan fingerprint density at radius 1 is 1.06 bits per heavy atom. The fourth-order valence-electron chi connectivity index (χ4n) is 2.02. The molecule has 2 heterocycles. The van der Waals surface area contributed by atoms with Crippen molar-refractivity contribution in [2.24, 2.45) is 0 Å². The van der Waals surface area contributed by atoms with Crippen LogP contribution >= 0.6 is 15.9 Å². The first-order chi connectivity index (χ1) is 8.02. The maximum Gasteiger partial charge on any atom is 0.0880 e. The van der Waals surface area contributed by atoms with Gasteiger partial charge in [0.25, 0.3) is 0 Å². The van der Waals surface area contributed by atoms with E-state index in [2.05, 4.69) is 59.7 Å². The maximum absolute atomic E-state index is 4.56. The summed E-state index contributed by atoms with van der Waals surface area (Å²) in [6.07, 6.45) is 3.84. The van der Waals surface area contributed by atoms with E-state index in [9.17, 15) is 0 Å². The number of nitrogens with zero attached hydrogens (tertiary/aromatic N) is 2. The van der Waals surface area contributed by atoms with Gasteiger partial charge in [0.05, 0.1) is 15.7 Å². The number of hydrogen-bond acceptors (Lipinski definition) is 2. The topological polar surface area (TPSA) is 25.8 Å². The summed E-state index contributed by atoms with van der Waals surface area (Å²) < 4.78 is 1.03. The van der Waals surface area contributed by atoms with Crippen molar-refractivity contribution in [3.05, 3.63) is 34.2 Å². The molecule has 0 saturated carbocycles. The lowest BCUT2D eigenvalue weighted by Crippen LogP contribution is -1.98. The molecule has 0 aromatic carbocycles. The molecule has 0 atom stereocenters. The zero-order valence-corrected chi connectivity index (χ0v) is 12.2. The lowest BCUT2D eigenvalue weighted by Gasteiger charge is -2.13. The summed E-state index contributed by atoms with van der Waals surface area (Å²) in [5.74, 6) is 0.886. The molecule has 3 heteroatoms. The largest absolute Gasteiger partial charge is 0.259 e. The van der Waals surface area contributed by atoms with Crippen molar-refractivity contribution >= 4 is 26.8 Å². The van der Waals surface area contributed by atoms with E-state index >= 15 is 0 Å². The molecular formula is C14H17BrN2. The van der Waals surface area contributed by atoms with Gasteiger partial charge < -0.3 is 0 Å². The van der Waals surface area contributed by atoms with Crippen LogP contribution in [0.3, 0.4) is 0 Å². The highest BCUT2D eigenvalue weighted by Gasteiger charge is 2.13. The number of fused-ring (bicyclic) bond motifs is 1. The molecule has 0 aliphatic carbocycles. The van der Waals surface area contributed by atoms with Gasteiger partial charge in [-0.2, -0.15) is 0 Å². The third-order valence-corrected chi connectivity index (χ3v) is 3.74. The first-order valence-corrected chi connectivity index (χ1v) is 6.74. The second-order valence-corrected chi connectivity index (χ2v) is 5.72. The molecule has 0 N–H and O–H groups in total. The Kier molecular flexibility index (Phi) is 3.48. The van der Waals surface area contributed by atoms with Gasteiger partial charge >= 0.3 is 0 Å². The fraction of sp³-hybridized carbons (Fsp3) is 0.429. The van der Waals surface area contributed by atoms with Crippen molar-refractivity contribution in [3.63, 3.8) is 0 Å². The minimum Gasteiger partial charge on any atom is -0.259 e. The molecule has 0 amide bonds. The van der Waals surface area contributed by atoms with E-state index in [1.165, 1.54) is 5.56 Å². The lowest BCUT2D eigenvalue weighted by molar-refractivity contribution is 0.817. The number of pyridine rings is 2. The van der Waals surface area contributed by atoms with Gasteiger partial charge in [-0.05, 0) is 39.4 Å². The number of hydrogen-bond donors (Lipinski definition) is 0. The highest BCUT2D eigenvalue weighted by atomic mass is 79.9. The molecule has 2 nitrogen and oxygen atoms in total. The molecule has 0 saturated heterocycles. The Balaban J connectivity index is 2.76. The quantitative estimate of drug-likeness (QED) is 0.806. The van der Waals surface area contributed by atoms with E-state index in [1.807, 2.05) is 12.4 Å². The van der Waals surface area contributed by atoms with Crippen LogP contribution in [-0.4, -0.2) is 9.97 Å². The van der Waals surface area contributed by atoms with Crippen LogP contribution in [0.5, 0.6) is 0 Å². The van der Waals surface area contributed by atoms with Crippen LogP contribution in [0.15, 0.2) is 22.9 Å². The molecule has 0 unspecified atom stereocenters. The Labute approximate surface area is 111 Å². The summed E-state index contributed by atoms with van der Waals surface area (Å²) in [5.41, 5.74) is 3.40. The molecule has 0 radical (unpaired) electrons. The molecular weight excluding hydrogens is 276 g/mol. The van der Waals surface area contributed by atoms with Crippen molar-refractivity contribution in [1.82, 2.24) is 9.97 Å². The van der Waals surface area contributed by atoms with Crippen molar-refractivity contribution < 1.29 is 0 Å². The van der Waals surface area contributed by atoms with Crippen molar-refractivity contribution in [2.45, 2.75) is 39.5 Å². The van der Waals surface area contributed by atoms with E-state index < -0.39 is 0 Å². The third-order valence-electron chi connectivity index (χ3n) is 2.96. The van der Waals surface area contributed by atoms with Crippen molar-refractivity contribution in [2.75, 3.05) is 0 Å². The van der Waals surface area contributed by atoms with Crippen LogP contribution < -0.4 is 0 Å². The summed E-state index contributed by atoms with van der Waals surface area (Å²) in [6, 6.07) is 2.08. The average molecular weight is 293 g/mol. The molecule has 2 rings (SSSR count). The second kappa shape index (κ2) is 4.73. The van der Waals surface area contributed by atoms with Gasteiger partial charge in [-0.15, -0.1) is 0 Å². The van der Waals surface area contributed by atoms with Crippen LogP contribution in [0.25, 0.3) is 10.9 Å². The second-order valence-electron chi connectivity index (χ2n) is 4.93. The lowest BCUT2D eigenvalue weighted by atomic mass is 9.99. The first kappa shape index (κ1) is 12.5. The molecule has 17 heavy (non-hydrogen) atoms. The van der Waals surface area contributed by atoms with Crippen LogP contribution in [0.1, 0.15) is 50.8 Å². The highest BCUT2D eigenvalue weighted by Crippen LogP contribution is 2.32. The summed E-state index contributed by atoms with van der Waals surface area (Å²) >= 11 is 3.64. The van der Waals surface area contributed by atoms with Crippen LogP contribution in [-0.2, 0) is 0 Å². The Bertz CT molecular complexity index is 547. The van der Waals surface area contributed by atoms with Gasteiger partial charge in [-0.3, -0.25) is 9.97 Å². The molecule has 0 aliphatic rings. The molecule has 90 valence electrons. The maximum atomic E-state index is 4.56. The Morgan fingerprint density at radius 2 is 1.76 bits per heavy atom. The van der Waals surface area contributed by atoms with Crippen LogP contribution in [0, 0.1) is 0 Å². The minimum absolute atomic E-state index is 0.401. The van der Waals surface area contributed by atoms with E-state index in [4.69, 9.17) is 0 Å². The molecule has 0 aliphatic heterocycles. The number of halogens is 1. The minimum atomic E-state index is 0.401. The summed E-state index contributed by atoms with van der Waals surface area (Å²) in [5, 5.41) is 1.15. The zero-order valence-electron chi connectivity index (χ0n) is 10.7. The third kappa shape index (κ3) is 2.21. The Hall–Kier alpha value is -0.960. The van der Waals surface area contributed by atoms with Gasteiger partial charge in [-0.1, -0.05) is 27.7 Å². The van der Waals surface area contributed by atoms with Crippen LogP contribution in [0.4, 0.5) is 0 Å². The van der Waals surface area contributed by atoms with Crippen LogP contribution in [0.2, 0.25) is 0 Å². The van der Waals surface area contributed by atoms with Gasteiger partial charge in [-0.25, -0.2) is 0 Å². The summed E-state index contributed by atoms with van der Waals surface area (Å²) in [7, 11) is 0.